The van der Waals surface area contributed by atoms with Crippen LogP contribution < -0.4 is 5.32 Å². The van der Waals surface area contributed by atoms with Gasteiger partial charge in [-0.3, -0.25) is 4.79 Å². The lowest BCUT2D eigenvalue weighted by Gasteiger charge is -2.27. The van der Waals surface area contributed by atoms with Crippen LogP contribution in [0.5, 0.6) is 0 Å². The third-order valence-corrected chi connectivity index (χ3v) is 6.35. The number of nitrogens with zero attached hydrogens (tertiary/aromatic N) is 2. The Kier molecular flexibility index (Phi) is 5.74. The lowest BCUT2D eigenvalue weighted by molar-refractivity contribution is -0.133. The number of amides is 3. The summed E-state index contributed by atoms with van der Waals surface area (Å²) in [6, 6.07) is 13.4. The molecule has 1 N–H and O–H groups in total. The Labute approximate surface area is 183 Å². The van der Waals surface area contributed by atoms with E-state index in [1.54, 1.807) is 29.2 Å². The summed E-state index contributed by atoms with van der Waals surface area (Å²) in [5, 5.41) is 3.55. The van der Waals surface area contributed by atoms with Crippen LogP contribution in [0.2, 0.25) is 5.02 Å². The molecule has 0 atom stereocenters. The number of benzene rings is 2. The smallest absolute Gasteiger partial charge is 0.321 e. The highest BCUT2D eigenvalue weighted by atomic mass is 35.5. The predicted octanol–water partition coefficient (Wildman–Crippen LogP) is 4.75. The average Bonchev–Trinajstić information content (AvgIpc) is 3.53. The van der Waals surface area contributed by atoms with Gasteiger partial charge in [-0.05, 0) is 62.9 Å². The van der Waals surface area contributed by atoms with Gasteiger partial charge in [0.1, 0.15) is 0 Å². The molecule has 30 heavy (non-hydrogen) atoms. The molecule has 1 saturated carbocycles. The van der Waals surface area contributed by atoms with Crippen molar-refractivity contribution in [3.63, 3.8) is 0 Å². The molecule has 0 unspecified atom stereocenters. The minimum Gasteiger partial charge on any atom is -0.340 e. The third-order valence-electron chi connectivity index (χ3n) is 6.10. The zero-order valence-corrected chi connectivity index (χ0v) is 18.3. The van der Waals surface area contributed by atoms with Crippen molar-refractivity contribution in [1.29, 1.82) is 0 Å². The van der Waals surface area contributed by atoms with E-state index in [0.717, 1.165) is 24.8 Å². The highest BCUT2D eigenvalue weighted by Crippen LogP contribution is 2.50. The van der Waals surface area contributed by atoms with Crippen molar-refractivity contribution in [2.75, 3.05) is 31.5 Å². The number of carbonyl (C=O) groups excluding carboxylic acids is 2. The summed E-state index contributed by atoms with van der Waals surface area (Å²) in [4.78, 5) is 29.9. The number of hydrogen-bond acceptors (Lipinski definition) is 2. The Morgan fingerprint density at radius 1 is 0.900 bits per heavy atom. The van der Waals surface area contributed by atoms with Gasteiger partial charge in [-0.1, -0.05) is 40.9 Å². The number of hydrogen-bond donors (Lipinski definition) is 1. The zero-order valence-electron chi connectivity index (χ0n) is 17.6. The van der Waals surface area contributed by atoms with Gasteiger partial charge in [0.15, 0.2) is 0 Å². The molecule has 2 aromatic rings. The first-order valence-corrected chi connectivity index (χ1v) is 10.9. The van der Waals surface area contributed by atoms with Gasteiger partial charge in [0.05, 0.1) is 5.41 Å². The van der Waals surface area contributed by atoms with E-state index in [1.807, 2.05) is 4.90 Å². The summed E-state index contributed by atoms with van der Waals surface area (Å²) in [6.07, 6.45) is 2.60. The Morgan fingerprint density at radius 3 is 2.13 bits per heavy atom. The first kappa shape index (κ1) is 20.7. The Hall–Kier alpha value is -2.53. The monoisotopic (exact) mass is 425 g/mol. The van der Waals surface area contributed by atoms with Crippen molar-refractivity contribution in [1.82, 2.24) is 9.80 Å². The summed E-state index contributed by atoms with van der Waals surface area (Å²) in [7, 11) is 0. The number of nitrogens with one attached hydrogen (secondary N) is 1. The minimum absolute atomic E-state index is 0.137. The zero-order chi connectivity index (χ0) is 21.3. The van der Waals surface area contributed by atoms with Crippen LogP contribution in [0, 0.1) is 13.8 Å². The van der Waals surface area contributed by atoms with Gasteiger partial charge in [-0.2, -0.15) is 0 Å². The molecule has 0 bridgehead atoms. The molecule has 6 heteroatoms. The largest absolute Gasteiger partial charge is 0.340 e. The van der Waals surface area contributed by atoms with Crippen LogP contribution in [0.25, 0.3) is 0 Å². The number of urea groups is 1. The van der Waals surface area contributed by atoms with E-state index in [-0.39, 0.29) is 17.4 Å². The molecule has 0 radical (unpaired) electrons. The van der Waals surface area contributed by atoms with Gasteiger partial charge < -0.3 is 15.1 Å². The van der Waals surface area contributed by atoms with E-state index in [4.69, 9.17) is 11.6 Å². The molecule has 2 aromatic carbocycles. The SMILES string of the molecule is Cc1cc(C)cc(C2(C(=O)N3CCCN(C(=O)Nc4ccc(Cl)cc4)CC3)CC2)c1. The number of anilines is 1. The summed E-state index contributed by atoms with van der Waals surface area (Å²) in [5.74, 6) is 0.215. The Balaban J connectivity index is 1.40. The van der Waals surface area contributed by atoms with Crippen LogP contribution in [0.15, 0.2) is 42.5 Å². The summed E-state index contributed by atoms with van der Waals surface area (Å²) in [5.41, 5.74) is 3.90. The van der Waals surface area contributed by atoms with Gasteiger partial charge in [-0.25, -0.2) is 4.79 Å². The molecule has 0 aromatic heterocycles. The van der Waals surface area contributed by atoms with Crippen molar-refractivity contribution < 1.29 is 9.59 Å². The fourth-order valence-electron chi connectivity index (χ4n) is 4.36. The van der Waals surface area contributed by atoms with Gasteiger partial charge in [-0.15, -0.1) is 0 Å². The molecule has 158 valence electrons. The number of carbonyl (C=O) groups is 2. The summed E-state index contributed by atoms with van der Waals surface area (Å²) in [6.45, 7) is 6.60. The predicted molar refractivity (Wildman–Crippen MR) is 120 cm³/mol. The molecule has 3 amide bonds. The van der Waals surface area contributed by atoms with Crippen molar-refractivity contribution in [3.8, 4) is 0 Å². The van der Waals surface area contributed by atoms with E-state index >= 15 is 0 Å². The second-order valence-electron chi connectivity index (χ2n) is 8.53. The average molecular weight is 426 g/mol. The summed E-state index contributed by atoms with van der Waals surface area (Å²) >= 11 is 5.91. The van der Waals surface area contributed by atoms with Crippen LogP contribution in [0.4, 0.5) is 10.5 Å². The molecular formula is C24H28ClN3O2. The standard InChI is InChI=1S/C24H28ClN3O2/c1-17-14-18(2)16-19(15-17)24(8-9-24)22(29)27-10-3-11-28(13-12-27)23(30)26-21-6-4-20(25)5-7-21/h4-7,14-16H,3,8-13H2,1-2H3,(H,26,30). The molecule has 1 heterocycles. The number of rotatable bonds is 3. The molecule has 0 spiro atoms. The molecular weight excluding hydrogens is 398 g/mol. The van der Waals surface area contributed by atoms with Crippen LogP contribution >= 0.6 is 11.6 Å². The van der Waals surface area contributed by atoms with E-state index in [1.165, 1.54) is 11.1 Å². The van der Waals surface area contributed by atoms with Crippen molar-refractivity contribution in [2.45, 2.75) is 38.5 Å². The molecule has 5 nitrogen and oxygen atoms in total. The maximum atomic E-state index is 13.5. The maximum absolute atomic E-state index is 13.5. The molecule has 2 aliphatic rings. The van der Waals surface area contributed by atoms with E-state index in [9.17, 15) is 9.59 Å². The lowest BCUT2D eigenvalue weighted by atomic mass is 9.91. The number of halogens is 1. The first-order valence-electron chi connectivity index (χ1n) is 10.6. The van der Waals surface area contributed by atoms with Gasteiger partial charge >= 0.3 is 6.03 Å². The van der Waals surface area contributed by atoms with Gasteiger partial charge in [0.25, 0.3) is 0 Å². The minimum atomic E-state index is -0.364. The molecule has 1 aliphatic carbocycles. The first-order chi connectivity index (χ1) is 14.4. The van der Waals surface area contributed by atoms with E-state index < -0.39 is 0 Å². The van der Waals surface area contributed by atoms with E-state index in [0.29, 0.717) is 36.9 Å². The summed E-state index contributed by atoms with van der Waals surface area (Å²) < 4.78 is 0. The second-order valence-corrected chi connectivity index (χ2v) is 8.96. The van der Waals surface area contributed by atoms with Crippen molar-refractivity contribution >= 4 is 29.2 Å². The highest BCUT2D eigenvalue weighted by molar-refractivity contribution is 6.30. The fraction of sp³-hybridized carbons (Fsp3) is 0.417. The fourth-order valence-corrected chi connectivity index (χ4v) is 4.49. The Bertz CT molecular complexity index is 933. The van der Waals surface area contributed by atoms with Crippen LogP contribution in [-0.2, 0) is 10.2 Å². The Morgan fingerprint density at radius 2 is 1.50 bits per heavy atom. The topological polar surface area (TPSA) is 52.7 Å². The third kappa shape index (κ3) is 4.31. The van der Waals surface area contributed by atoms with Gasteiger partial charge in [0.2, 0.25) is 5.91 Å². The molecule has 1 aliphatic heterocycles. The van der Waals surface area contributed by atoms with Crippen LogP contribution in [0.1, 0.15) is 36.0 Å². The normalized spacial score (nSPS) is 18.0. The molecule has 2 fully saturated rings. The second kappa shape index (κ2) is 8.31. The highest BCUT2D eigenvalue weighted by Gasteiger charge is 2.53. The lowest BCUT2D eigenvalue weighted by Crippen LogP contribution is -2.42. The quantitative estimate of drug-likeness (QED) is 0.771. The molecule has 4 rings (SSSR count). The van der Waals surface area contributed by atoms with Crippen LogP contribution in [0.3, 0.4) is 0 Å². The van der Waals surface area contributed by atoms with Crippen molar-refractivity contribution in [2.24, 2.45) is 0 Å². The van der Waals surface area contributed by atoms with Crippen LogP contribution in [-0.4, -0.2) is 47.9 Å². The number of aryl methyl sites for hydroxylation is 2. The van der Waals surface area contributed by atoms with Crippen molar-refractivity contribution in [3.05, 3.63) is 64.2 Å². The molecule has 1 saturated heterocycles. The van der Waals surface area contributed by atoms with E-state index in [2.05, 4.69) is 37.4 Å². The van der Waals surface area contributed by atoms with Gasteiger partial charge in [0, 0.05) is 36.9 Å². The maximum Gasteiger partial charge on any atom is 0.321 e.